The van der Waals surface area contributed by atoms with Gasteiger partial charge < -0.3 is 18.3 Å². The molecule has 0 amide bonds. The van der Waals surface area contributed by atoms with Crippen LogP contribution in [-0.4, -0.2) is 43.1 Å². The second-order valence-electron chi connectivity index (χ2n) is 19.5. The highest BCUT2D eigenvalue weighted by Crippen LogP contribution is 2.40. The second-order valence-corrected chi connectivity index (χ2v) is 29.1. The Morgan fingerprint density at radius 2 is 1.16 bits per heavy atom. The number of unbranched alkanes of at least 4 members (excludes halogenated alkanes) is 6. The molecule has 2 aromatic carbocycles. The molecule has 3 rings (SSSR count). The number of rotatable bonds is 25. The van der Waals surface area contributed by atoms with Crippen LogP contribution in [0.4, 0.5) is 0 Å². The lowest BCUT2D eigenvalue weighted by Crippen LogP contribution is -2.40. The third kappa shape index (κ3) is 16.5. The summed E-state index contributed by atoms with van der Waals surface area (Å²) in [5.74, 6) is 3.08. The maximum atomic E-state index is 6.36. The minimum atomic E-state index is -1.65. The zero-order valence-corrected chi connectivity index (χ0v) is 40.0. The van der Waals surface area contributed by atoms with Gasteiger partial charge in [0.25, 0.3) is 0 Å². The third-order valence-corrected chi connectivity index (χ3v) is 21.9. The van der Waals surface area contributed by atoms with Crippen molar-refractivity contribution in [3.05, 3.63) is 95.3 Å². The largest absolute Gasteiger partial charge is 0.494 e. The fourth-order valence-electron chi connectivity index (χ4n) is 6.59. The molecule has 2 unspecified atom stereocenters. The number of hydrogen-bond acceptors (Lipinski definition) is 4. The van der Waals surface area contributed by atoms with Gasteiger partial charge in [0.1, 0.15) is 11.5 Å². The first-order valence-corrected chi connectivity index (χ1v) is 28.0. The molecule has 0 saturated carbocycles. The van der Waals surface area contributed by atoms with E-state index in [1.807, 2.05) is 0 Å². The van der Waals surface area contributed by atoms with Crippen molar-refractivity contribution in [3.8, 4) is 5.75 Å². The lowest BCUT2D eigenvalue weighted by atomic mass is 9.80. The van der Waals surface area contributed by atoms with Crippen LogP contribution in [0.3, 0.4) is 0 Å². The minimum absolute atomic E-state index is 0.273. The van der Waals surface area contributed by atoms with E-state index >= 15 is 0 Å². The summed E-state index contributed by atoms with van der Waals surface area (Å²) < 4.78 is 25.2. The van der Waals surface area contributed by atoms with Crippen LogP contribution >= 0.6 is 0 Å². The van der Waals surface area contributed by atoms with Gasteiger partial charge in [-0.1, -0.05) is 123 Å². The van der Waals surface area contributed by atoms with Gasteiger partial charge in [0.15, 0.2) is 16.6 Å². The number of allylic oxidation sites excluding steroid dienone is 5. The van der Waals surface area contributed by atoms with Crippen molar-refractivity contribution >= 4 is 22.2 Å². The molecule has 0 spiro atoms. The highest BCUT2D eigenvalue weighted by Gasteiger charge is 2.37. The van der Waals surface area contributed by atoms with Crippen LogP contribution in [0.25, 0.3) is 5.57 Å². The van der Waals surface area contributed by atoms with Crippen molar-refractivity contribution in [3.63, 3.8) is 0 Å². The first kappa shape index (κ1) is 48.0. The molecule has 1 aliphatic carbocycles. The van der Waals surface area contributed by atoms with Crippen molar-refractivity contribution in [1.82, 2.24) is 0 Å². The van der Waals surface area contributed by atoms with Crippen LogP contribution in [0.2, 0.25) is 36.3 Å². The van der Waals surface area contributed by atoms with Crippen LogP contribution in [-0.2, 0) is 13.6 Å². The molecule has 0 N–H and O–H groups in total. The summed E-state index contributed by atoms with van der Waals surface area (Å²) in [5.41, 5.74) is 5.54. The van der Waals surface area contributed by atoms with Crippen molar-refractivity contribution in [2.75, 3.05) is 26.4 Å². The van der Waals surface area contributed by atoms with Gasteiger partial charge in [0.2, 0.25) is 0 Å². The molecule has 314 valence electrons. The highest BCUT2D eigenvalue weighted by atomic mass is 28.4. The molecule has 2 atom stereocenters. The molecular weight excluding hydrogens is 721 g/mol. The summed E-state index contributed by atoms with van der Waals surface area (Å²) in [6.07, 6.45) is 20.2. The predicted molar refractivity (Wildman–Crippen MR) is 248 cm³/mol. The SMILES string of the molecule is CCC(C)CC(CC(=C1C=CC(OCCCCCCO[Si](C)(C)C(C)(C)C)=CC1)c1ccc(OCCCCCCO[Si](C)(C)C(C)(C)C)cc1)c1ccccc1. The summed E-state index contributed by atoms with van der Waals surface area (Å²) in [4.78, 5) is 0. The summed E-state index contributed by atoms with van der Waals surface area (Å²) in [6.45, 7) is 31.2. The lowest BCUT2D eigenvalue weighted by Gasteiger charge is -2.36. The normalized spacial score (nSPS) is 16.0. The highest BCUT2D eigenvalue weighted by molar-refractivity contribution is 6.74. The van der Waals surface area contributed by atoms with Crippen LogP contribution in [0.5, 0.6) is 5.75 Å². The summed E-state index contributed by atoms with van der Waals surface area (Å²) in [6, 6.07) is 20.1. The second kappa shape index (κ2) is 23.3. The number of benzene rings is 2. The van der Waals surface area contributed by atoms with E-state index in [2.05, 4.69) is 154 Å². The van der Waals surface area contributed by atoms with Crippen LogP contribution in [0, 0.1) is 5.92 Å². The van der Waals surface area contributed by atoms with E-state index in [-0.39, 0.29) is 10.1 Å². The Hall–Kier alpha value is -2.39. The third-order valence-electron chi connectivity index (χ3n) is 12.8. The molecule has 0 saturated heterocycles. The summed E-state index contributed by atoms with van der Waals surface area (Å²) >= 11 is 0. The van der Waals surface area contributed by atoms with E-state index in [9.17, 15) is 0 Å². The minimum Gasteiger partial charge on any atom is -0.494 e. The molecule has 0 aliphatic heterocycles. The predicted octanol–water partition coefficient (Wildman–Crippen LogP) is 15.5. The van der Waals surface area contributed by atoms with Gasteiger partial charge in [-0.15, -0.1) is 0 Å². The molecule has 4 nitrogen and oxygen atoms in total. The molecule has 0 heterocycles. The Labute approximate surface area is 347 Å². The first-order valence-electron chi connectivity index (χ1n) is 22.2. The van der Waals surface area contributed by atoms with Gasteiger partial charge in [-0.25, -0.2) is 0 Å². The molecule has 0 radical (unpaired) electrons. The van der Waals surface area contributed by atoms with Crippen molar-refractivity contribution in [2.24, 2.45) is 5.92 Å². The van der Waals surface area contributed by atoms with Gasteiger partial charge in [0, 0.05) is 13.2 Å². The van der Waals surface area contributed by atoms with E-state index in [0.717, 1.165) is 76.5 Å². The van der Waals surface area contributed by atoms with E-state index in [4.69, 9.17) is 18.3 Å². The summed E-state index contributed by atoms with van der Waals surface area (Å²) in [5, 5.41) is 0.546. The van der Waals surface area contributed by atoms with Crippen LogP contribution in [0.1, 0.15) is 149 Å². The molecule has 6 heteroatoms. The summed E-state index contributed by atoms with van der Waals surface area (Å²) in [7, 11) is -3.30. The fourth-order valence-corrected chi connectivity index (χ4v) is 8.77. The van der Waals surface area contributed by atoms with Gasteiger partial charge in [0.05, 0.1) is 13.2 Å². The van der Waals surface area contributed by atoms with Gasteiger partial charge in [-0.3, -0.25) is 0 Å². The van der Waals surface area contributed by atoms with Crippen molar-refractivity contribution in [2.45, 2.75) is 175 Å². The van der Waals surface area contributed by atoms with E-state index in [1.165, 1.54) is 60.8 Å². The lowest BCUT2D eigenvalue weighted by molar-refractivity contribution is 0.213. The van der Waals surface area contributed by atoms with Crippen molar-refractivity contribution < 1.29 is 18.3 Å². The Kier molecular flexibility index (Phi) is 19.9. The van der Waals surface area contributed by atoms with Crippen LogP contribution in [0.15, 0.2) is 84.2 Å². The average Bonchev–Trinajstić information content (AvgIpc) is 3.15. The first-order chi connectivity index (χ1) is 26.4. The maximum Gasteiger partial charge on any atom is 0.191 e. The molecular formula is C50H82O4Si2. The molecule has 0 bridgehead atoms. The van der Waals surface area contributed by atoms with Gasteiger partial charge >= 0.3 is 0 Å². The number of ether oxygens (including phenoxy) is 2. The topological polar surface area (TPSA) is 36.9 Å². The Bertz CT molecular complexity index is 1490. The fraction of sp³-hybridized carbons (Fsp3) is 0.640. The quantitative estimate of drug-likeness (QED) is 0.0740. The average molecular weight is 803 g/mol. The molecule has 56 heavy (non-hydrogen) atoms. The van der Waals surface area contributed by atoms with Crippen molar-refractivity contribution in [1.29, 1.82) is 0 Å². The van der Waals surface area contributed by atoms with E-state index in [0.29, 0.717) is 11.8 Å². The van der Waals surface area contributed by atoms with Gasteiger partial charge in [-0.05, 0) is 152 Å². The Balaban J connectivity index is 1.58. The monoisotopic (exact) mass is 803 g/mol. The van der Waals surface area contributed by atoms with Crippen LogP contribution < -0.4 is 4.74 Å². The molecule has 2 aromatic rings. The Morgan fingerprint density at radius 1 is 0.643 bits per heavy atom. The Morgan fingerprint density at radius 3 is 1.64 bits per heavy atom. The standard InChI is InChI=1S/C50H82O4Si2/c1-13-41(2)39-45(42-25-19-18-20-26-42)40-48(43-27-31-46(32-28-43)51-35-21-14-16-23-37-53-55(9,10)49(3,4)5)44-29-33-47(34-30-44)52-36-22-15-17-24-38-54-56(11,12)50(6,7)8/h18-20,25-29,31-34,41,45H,13-17,21-24,30,35-40H2,1-12H3. The van der Waals surface area contributed by atoms with E-state index < -0.39 is 16.6 Å². The zero-order chi connectivity index (χ0) is 41.2. The molecule has 1 aliphatic rings. The van der Waals surface area contributed by atoms with Gasteiger partial charge in [-0.2, -0.15) is 0 Å². The van der Waals surface area contributed by atoms with E-state index in [1.54, 1.807) is 0 Å². The molecule has 0 fully saturated rings. The smallest absolute Gasteiger partial charge is 0.191 e. The zero-order valence-electron chi connectivity index (χ0n) is 38.0. The number of hydrogen-bond donors (Lipinski definition) is 0. The maximum absolute atomic E-state index is 6.36. The molecule has 0 aromatic heterocycles.